The van der Waals surface area contributed by atoms with Crippen molar-refractivity contribution < 1.29 is 14.2 Å². The summed E-state index contributed by atoms with van der Waals surface area (Å²) in [5.41, 5.74) is 0.722. The van der Waals surface area contributed by atoms with E-state index in [1.165, 1.54) is 0 Å². The van der Waals surface area contributed by atoms with Gasteiger partial charge in [0.1, 0.15) is 13.3 Å². The highest BCUT2D eigenvalue weighted by atomic mass is 127. The fraction of sp³-hybridized carbons (Fsp3) is 0.600. The van der Waals surface area contributed by atoms with Crippen molar-refractivity contribution in [1.82, 2.24) is 14.5 Å². The Balaban J connectivity index is 2.17. The highest BCUT2D eigenvalue weighted by Gasteiger charge is 2.17. The fourth-order valence-electron chi connectivity index (χ4n) is 2.05. The summed E-state index contributed by atoms with van der Waals surface area (Å²) >= 11 is 8.30. The maximum Gasteiger partial charge on any atom is 0.228 e. The van der Waals surface area contributed by atoms with Gasteiger partial charge in [-0.3, -0.25) is 0 Å². The number of aromatic nitrogens is 3. The Morgan fingerprint density at radius 1 is 1.21 bits per heavy atom. The van der Waals surface area contributed by atoms with Gasteiger partial charge in [-0.25, -0.2) is 0 Å². The summed E-state index contributed by atoms with van der Waals surface area (Å²) in [6.07, 6.45) is 1.98. The zero-order valence-corrected chi connectivity index (χ0v) is 18.3. The summed E-state index contributed by atoms with van der Waals surface area (Å²) in [5, 5.41) is 1.01. The Labute approximate surface area is 162 Å². The average molecular weight is 484 g/mol. The molecule has 0 aliphatic rings. The first kappa shape index (κ1) is 19.9. The van der Waals surface area contributed by atoms with Crippen LogP contribution >= 0.6 is 34.2 Å². The predicted octanol–water partition coefficient (Wildman–Crippen LogP) is 4.03. The zero-order valence-electron chi connectivity index (χ0n) is 14.4. The average Bonchev–Trinajstić information content (AvgIpc) is 2.79. The van der Waals surface area contributed by atoms with Crippen LogP contribution in [0, 0.1) is 3.57 Å². The lowest BCUT2D eigenvalue weighted by Gasteiger charge is -2.15. The van der Waals surface area contributed by atoms with E-state index in [0.29, 0.717) is 25.8 Å². The van der Waals surface area contributed by atoms with Gasteiger partial charge in [0, 0.05) is 31.6 Å². The van der Waals surface area contributed by atoms with Crippen LogP contribution in [0.1, 0.15) is 0 Å². The van der Waals surface area contributed by atoms with E-state index in [2.05, 4.69) is 52.2 Å². The molecule has 2 aromatic heterocycles. The summed E-state index contributed by atoms with van der Waals surface area (Å²) in [5.74, 6) is 0.479. The molecule has 0 saturated carbocycles. The first-order valence-electron chi connectivity index (χ1n) is 7.73. The van der Waals surface area contributed by atoms with Gasteiger partial charge in [-0.15, -0.1) is 0 Å². The summed E-state index contributed by atoms with van der Waals surface area (Å²) in [7, 11) is 0.534. The summed E-state index contributed by atoms with van der Waals surface area (Å²) in [4.78, 5) is 8.54. The minimum Gasteiger partial charge on any atom is -0.475 e. The number of methoxy groups -OCH3 is 1. The zero-order chi connectivity index (χ0) is 17.7. The molecule has 24 heavy (non-hydrogen) atoms. The van der Waals surface area contributed by atoms with Gasteiger partial charge in [0.2, 0.25) is 11.2 Å². The third-order valence-corrected chi connectivity index (χ3v) is 6.05. The molecule has 0 saturated heterocycles. The van der Waals surface area contributed by atoms with Crippen molar-refractivity contribution >= 4 is 53.3 Å². The Kier molecular flexibility index (Phi) is 7.29. The molecule has 9 heteroatoms. The van der Waals surface area contributed by atoms with Gasteiger partial charge in [0.25, 0.3) is 0 Å². The first-order chi connectivity index (χ1) is 11.3. The normalized spacial score (nSPS) is 12.1. The van der Waals surface area contributed by atoms with Gasteiger partial charge in [0.15, 0.2) is 5.65 Å². The van der Waals surface area contributed by atoms with E-state index in [9.17, 15) is 0 Å². The van der Waals surface area contributed by atoms with E-state index in [0.717, 1.165) is 27.3 Å². The minimum absolute atomic E-state index is 0.160. The summed E-state index contributed by atoms with van der Waals surface area (Å²) in [6, 6.07) is 1.13. The molecule has 0 aliphatic carbocycles. The molecule has 6 nitrogen and oxygen atoms in total. The molecule has 2 aromatic rings. The van der Waals surface area contributed by atoms with Crippen LogP contribution in [0.15, 0.2) is 6.20 Å². The van der Waals surface area contributed by atoms with Crippen molar-refractivity contribution in [3.63, 3.8) is 0 Å². The Morgan fingerprint density at radius 2 is 1.96 bits per heavy atom. The van der Waals surface area contributed by atoms with Gasteiger partial charge < -0.3 is 18.8 Å². The number of hydrogen-bond acceptors (Lipinski definition) is 5. The van der Waals surface area contributed by atoms with E-state index < -0.39 is 8.07 Å². The van der Waals surface area contributed by atoms with Crippen molar-refractivity contribution in [3.05, 3.63) is 15.1 Å². The molecule has 2 heterocycles. The Morgan fingerprint density at radius 3 is 2.62 bits per heavy atom. The van der Waals surface area contributed by atoms with Crippen LogP contribution in [0.5, 0.6) is 5.88 Å². The summed E-state index contributed by atoms with van der Waals surface area (Å²) in [6.45, 7) is 9.09. The van der Waals surface area contributed by atoms with Gasteiger partial charge in [-0.05, 0) is 40.2 Å². The fourth-order valence-corrected chi connectivity index (χ4v) is 3.77. The molecule has 0 N–H and O–H groups in total. The van der Waals surface area contributed by atoms with Crippen LogP contribution in [0.3, 0.4) is 0 Å². The number of ether oxygens (including phenoxy) is 3. The number of fused-ring (bicyclic) bond motifs is 1. The molecule has 0 fully saturated rings. The van der Waals surface area contributed by atoms with Crippen molar-refractivity contribution in [2.24, 2.45) is 0 Å². The second-order valence-corrected chi connectivity index (χ2v) is 13.8. The number of rotatable bonds is 9. The third-order valence-electron chi connectivity index (χ3n) is 3.36. The van der Waals surface area contributed by atoms with E-state index in [4.69, 9.17) is 25.8 Å². The van der Waals surface area contributed by atoms with Crippen LogP contribution in [-0.4, -0.2) is 49.5 Å². The van der Waals surface area contributed by atoms with Crippen LogP contribution in [-0.2, 0) is 16.2 Å². The van der Waals surface area contributed by atoms with E-state index in [1.54, 1.807) is 7.11 Å². The highest BCUT2D eigenvalue weighted by molar-refractivity contribution is 14.1. The van der Waals surface area contributed by atoms with Crippen LogP contribution in [0.25, 0.3) is 11.0 Å². The van der Waals surface area contributed by atoms with Crippen LogP contribution < -0.4 is 4.74 Å². The van der Waals surface area contributed by atoms with Gasteiger partial charge in [0.05, 0.1) is 12.0 Å². The van der Waals surface area contributed by atoms with Gasteiger partial charge in [-0.1, -0.05) is 19.6 Å². The standard InChI is InChI=1S/C15H23ClIN3O3Si/c1-21-5-6-23-14-12-11(17)9-20(13(12)18-15(16)19-14)10-22-7-8-24(2,3)4/h9H,5-8,10H2,1-4H3. The monoisotopic (exact) mass is 483 g/mol. The van der Waals surface area contributed by atoms with E-state index in [-0.39, 0.29) is 5.28 Å². The maximum atomic E-state index is 6.05. The smallest absolute Gasteiger partial charge is 0.228 e. The van der Waals surface area contributed by atoms with Gasteiger partial charge >= 0.3 is 0 Å². The molecule has 0 atom stereocenters. The Bertz CT molecular complexity index is 691. The molecule has 0 aliphatic heterocycles. The highest BCUT2D eigenvalue weighted by Crippen LogP contribution is 2.30. The van der Waals surface area contributed by atoms with Crippen LogP contribution in [0.4, 0.5) is 0 Å². The second-order valence-electron chi connectivity index (χ2n) is 6.63. The van der Waals surface area contributed by atoms with Crippen molar-refractivity contribution in [2.45, 2.75) is 32.4 Å². The SMILES string of the molecule is COCCOc1nc(Cl)nc2c1c(I)cn2COCC[Si](C)(C)C. The predicted molar refractivity (Wildman–Crippen MR) is 107 cm³/mol. The molecule has 2 rings (SSSR count). The first-order valence-corrected chi connectivity index (χ1v) is 12.9. The quantitative estimate of drug-likeness (QED) is 0.233. The molecular formula is C15H23ClIN3O3Si. The van der Waals surface area contributed by atoms with Crippen LogP contribution in [0.2, 0.25) is 31.0 Å². The molecule has 0 spiro atoms. The molecule has 0 bridgehead atoms. The van der Waals surface area contributed by atoms with Crippen molar-refractivity contribution in [2.75, 3.05) is 26.9 Å². The van der Waals surface area contributed by atoms with Crippen molar-refractivity contribution in [1.29, 1.82) is 0 Å². The molecule has 0 unspecified atom stereocenters. The maximum absolute atomic E-state index is 6.05. The number of hydrogen-bond donors (Lipinski definition) is 0. The molecule has 134 valence electrons. The summed E-state index contributed by atoms with van der Waals surface area (Å²) < 4.78 is 19.5. The third kappa shape index (κ3) is 5.55. The molecule has 0 aromatic carbocycles. The minimum atomic E-state index is -1.09. The van der Waals surface area contributed by atoms with Crippen molar-refractivity contribution in [3.8, 4) is 5.88 Å². The van der Waals surface area contributed by atoms with E-state index >= 15 is 0 Å². The molecule has 0 amide bonds. The van der Waals surface area contributed by atoms with Gasteiger partial charge in [-0.2, -0.15) is 9.97 Å². The second kappa shape index (κ2) is 8.79. The lowest BCUT2D eigenvalue weighted by atomic mass is 10.4. The lowest BCUT2D eigenvalue weighted by Crippen LogP contribution is -2.22. The Hall–Kier alpha value is -0.423. The largest absolute Gasteiger partial charge is 0.475 e. The number of halogens is 2. The number of nitrogens with zero attached hydrogens (tertiary/aromatic N) is 3. The lowest BCUT2D eigenvalue weighted by molar-refractivity contribution is 0.0898. The van der Waals surface area contributed by atoms with E-state index in [1.807, 2.05) is 10.8 Å². The molecular weight excluding hydrogens is 461 g/mol. The topological polar surface area (TPSA) is 58.4 Å². The molecule has 0 radical (unpaired) electrons.